The predicted molar refractivity (Wildman–Crippen MR) is 106 cm³/mol. The van der Waals surface area contributed by atoms with Crippen LogP contribution >= 0.6 is 12.2 Å². The first kappa shape index (κ1) is 19.6. The summed E-state index contributed by atoms with van der Waals surface area (Å²) in [4.78, 5) is 24.5. The van der Waals surface area contributed by atoms with Crippen molar-refractivity contribution in [1.82, 2.24) is 10.6 Å². The lowest BCUT2D eigenvalue weighted by molar-refractivity contribution is 0.0937. The van der Waals surface area contributed by atoms with Crippen molar-refractivity contribution in [1.29, 1.82) is 0 Å². The average Bonchev–Trinajstić information content (AvgIpc) is 2.62. The zero-order valence-corrected chi connectivity index (χ0v) is 15.5. The highest BCUT2D eigenvalue weighted by atomic mass is 32.1. The van der Waals surface area contributed by atoms with Gasteiger partial charge in [0.25, 0.3) is 11.8 Å². The van der Waals surface area contributed by atoms with Crippen molar-refractivity contribution >= 4 is 34.8 Å². The van der Waals surface area contributed by atoms with Gasteiger partial charge in [-0.3, -0.25) is 14.9 Å². The lowest BCUT2D eigenvalue weighted by atomic mass is 10.1. The van der Waals surface area contributed by atoms with Crippen molar-refractivity contribution in [2.75, 3.05) is 25.6 Å². The average molecular weight is 371 g/mol. The number of hydrogen-bond acceptors (Lipinski definition) is 4. The molecule has 0 saturated heterocycles. The molecule has 0 saturated carbocycles. The summed E-state index contributed by atoms with van der Waals surface area (Å²) in [6.07, 6.45) is 0. The number of anilines is 1. The van der Waals surface area contributed by atoms with Crippen molar-refractivity contribution in [3.05, 3.63) is 65.2 Å². The van der Waals surface area contributed by atoms with Crippen molar-refractivity contribution in [3.63, 3.8) is 0 Å². The zero-order valence-electron chi connectivity index (χ0n) is 14.7. The van der Waals surface area contributed by atoms with Crippen molar-refractivity contribution < 1.29 is 14.3 Å². The summed E-state index contributed by atoms with van der Waals surface area (Å²) >= 11 is 5.20. The number of rotatable bonds is 6. The molecule has 2 aromatic rings. The quantitative estimate of drug-likeness (QED) is 0.537. The SMILES string of the molecule is COCCNC(=O)c1ccccc1NC(=S)NC(=O)c1cccc(C)c1. The van der Waals surface area contributed by atoms with E-state index in [1.807, 2.05) is 13.0 Å². The minimum Gasteiger partial charge on any atom is -0.383 e. The van der Waals surface area contributed by atoms with Crippen LogP contribution in [0, 0.1) is 6.92 Å². The van der Waals surface area contributed by atoms with Crippen molar-refractivity contribution in [2.45, 2.75) is 6.92 Å². The lowest BCUT2D eigenvalue weighted by Crippen LogP contribution is -2.35. The molecule has 0 unspecified atom stereocenters. The minimum absolute atomic E-state index is 0.119. The van der Waals surface area contributed by atoms with Gasteiger partial charge in [-0.15, -0.1) is 0 Å². The van der Waals surface area contributed by atoms with E-state index in [-0.39, 0.29) is 16.9 Å². The molecule has 26 heavy (non-hydrogen) atoms. The molecule has 3 N–H and O–H groups in total. The van der Waals surface area contributed by atoms with Crippen LogP contribution in [0.25, 0.3) is 0 Å². The van der Waals surface area contributed by atoms with Gasteiger partial charge < -0.3 is 15.4 Å². The molecule has 6 nitrogen and oxygen atoms in total. The largest absolute Gasteiger partial charge is 0.383 e. The fourth-order valence-corrected chi connectivity index (χ4v) is 2.47. The second-order valence-electron chi connectivity index (χ2n) is 5.57. The van der Waals surface area contributed by atoms with Crippen LogP contribution in [0.3, 0.4) is 0 Å². The monoisotopic (exact) mass is 371 g/mol. The molecule has 2 aromatic carbocycles. The molecule has 0 aromatic heterocycles. The molecule has 0 aliphatic carbocycles. The Morgan fingerprint density at radius 2 is 1.85 bits per heavy atom. The molecule has 2 amide bonds. The molecular weight excluding hydrogens is 350 g/mol. The highest BCUT2D eigenvalue weighted by molar-refractivity contribution is 7.80. The third kappa shape index (κ3) is 5.65. The fraction of sp³-hybridized carbons (Fsp3) is 0.211. The Balaban J connectivity index is 2.02. The zero-order chi connectivity index (χ0) is 18.9. The smallest absolute Gasteiger partial charge is 0.257 e. The fourth-order valence-electron chi connectivity index (χ4n) is 2.27. The molecule has 7 heteroatoms. The lowest BCUT2D eigenvalue weighted by Gasteiger charge is -2.13. The van der Waals surface area contributed by atoms with Gasteiger partial charge in [-0.25, -0.2) is 0 Å². The Labute approximate surface area is 157 Å². The van der Waals surface area contributed by atoms with Crippen LogP contribution < -0.4 is 16.0 Å². The van der Waals surface area contributed by atoms with E-state index in [1.165, 1.54) is 0 Å². The predicted octanol–water partition coefficient (Wildman–Crippen LogP) is 2.50. The Morgan fingerprint density at radius 1 is 1.08 bits per heavy atom. The van der Waals surface area contributed by atoms with Gasteiger partial charge in [0.1, 0.15) is 0 Å². The summed E-state index contributed by atoms with van der Waals surface area (Å²) in [5.74, 6) is -0.564. The number of para-hydroxylation sites is 1. The van der Waals surface area contributed by atoms with E-state index in [2.05, 4.69) is 16.0 Å². The van der Waals surface area contributed by atoms with Gasteiger partial charge in [-0.2, -0.15) is 0 Å². The molecule has 136 valence electrons. The summed E-state index contributed by atoms with van der Waals surface area (Å²) in [6, 6.07) is 14.1. The van der Waals surface area contributed by atoms with Crippen LogP contribution in [-0.4, -0.2) is 37.2 Å². The maximum atomic E-state index is 12.3. The highest BCUT2D eigenvalue weighted by Crippen LogP contribution is 2.15. The van der Waals surface area contributed by atoms with Crippen LogP contribution in [0.5, 0.6) is 0 Å². The van der Waals surface area contributed by atoms with E-state index in [1.54, 1.807) is 49.6 Å². The summed E-state index contributed by atoms with van der Waals surface area (Å²) in [5, 5.41) is 8.40. The number of carbonyl (C=O) groups is 2. The molecule has 0 heterocycles. The van der Waals surface area contributed by atoms with Gasteiger partial charge in [0, 0.05) is 19.2 Å². The summed E-state index contributed by atoms with van der Waals surface area (Å²) in [7, 11) is 1.57. The van der Waals surface area contributed by atoms with Crippen LogP contribution in [-0.2, 0) is 4.74 Å². The van der Waals surface area contributed by atoms with Crippen LogP contribution in [0.15, 0.2) is 48.5 Å². The number of ether oxygens (including phenoxy) is 1. The topological polar surface area (TPSA) is 79.5 Å². The maximum absolute atomic E-state index is 12.3. The first-order valence-corrected chi connectivity index (χ1v) is 8.47. The Morgan fingerprint density at radius 3 is 2.58 bits per heavy atom. The van der Waals surface area contributed by atoms with Gasteiger partial charge in [-0.1, -0.05) is 29.8 Å². The Hall–Kier alpha value is -2.77. The molecule has 2 rings (SSSR count). The molecule has 0 aliphatic rings. The van der Waals surface area contributed by atoms with Crippen molar-refractivity contribution in [3.8, 4) is 0 Å². The molecule has 0 aliphatic heterocycles. The Kier molecular flexibility index (Phi) is 7.25. The molecule has 0 spiro atoms. The first-order chi connectivity index (χ1) is 12.5. The van der Waals surface area contributed by atoms with E-state index in [9.17, 15) is 9.59 Å². The number of nitrogens with one attached hydrogen (secondary N) is 3. The standard InChI is InChI=1S/C19H21N3O3S/c1-13-6-5-7-14(12-13)17(23)22-19(26)21-16-9-4-3-8-15(16)18(24)20-10-11-25-2/h3-9,12H,10-11H2,1-2H3,(H,20,24)(H2,21,22,23,26). The number of carbonyl (C=O) groups excluding carboxylic acids is 2. The number of thiocarbonyl (C=S) groups is 1. The van der Waals surface area contributed by atoms with E-state index < -0.39 is 0 Å². The van der Waals surface area contributed by atoms with E-state index in [0.29, 0.717) is 30.0 Å². The maximum Gasteiger partial charge on any atom is 0.257 e. The molecular formula is C19H21N3O3S. The number of hydrogen-bond donors (Lipinski definition) is 3. The van der Waals surface area contributed by atoms with Gasteiger partial charge >= 0.3 is 0 Å². The van der Waals surface area contributed by atoms with Gasteiger partial charge in [0.05, 0.1) is 17.9 Å². The molecule has 0 radical (unpaired) electrons. The van der Waals surface area contributed by atoms with Crippen LogP contribution in [0.1, 0.15) is 26.3 Å². The van der Waals surface area contributed by atoms with E-state index in [4.69, 9.17) is 17.0 Å². The molecule has 0 bridgehead atoms. The van der Waals surface area contributed by atoms with E-state index in [0.717, 1.165) is 5.56 Å². The number of amides is 2. The van der Waals surface area contributed by atoms with Crippen molar-refractivity contribution in [2.24, 2.45) is 0 Å². The van der Waals surface area contributed by atoms with Gasteiger partial charge in [0.15, 0.2) is 5.11 Å². The van der Waals surface area contributed by atoms with Gasteiger partial charge in [-0.05, 0) is 43.4 Å². The van der Waals surface area contributed by atoms with Gasteiger partial charge in [0.2, 0.25) is 0 Å². The van der Waals surface area contributed by atoms with Crippen LogP contribution in [0.4, 0.5) is 5.69 Å². The van der Waals surface area contributed by atoms with Crippen LogP contribution in [0.2, 0.25) is 0 Å². The molecule has 0 atom stereocenters. The summed E-state index contributed by atoms with van der Waals surface area (Å²) in [5.41, 5.74) is 2.43. The second-order valence-corrected chi connectivity index (χ2v) is 5.98. The summed E-state index contributed by atoms with van der Waals surface area (Å²) < 4.78 is 4.92. The first-order valence-electron chi connectivity index (χ1n) is 8.06. The highest BCUT2D eigenvalue weighted by Gasteiger charge is 2.13. The third-order valence-electron chi connectivity index (χ3n) is 3.52. The number of aryl methyl sites for hydroxylation is 1. The normalized spacial score (nSPS) is 10.1. The van der Waals surface area contributed by atoms with E-state index >= 15 is 0 Å². The minimum atomic E-state index is -0.312. The second kappa shape index (κ2) is 9.65. The Bertz CT molecular complexity index is 808. The number of benzene rings is 2. The third-order valence-corrected chi connectivity index (χ3v) is 3.72. The number of methoxy groups -OCH3 is 1. The molecule has 0 fully saturated rings. The summed E-state index contributed by atoms with van der Waals surface area (Å²) in [6.45, 7) is 2.73.